The van der Waals surface area contributed by atoms with Crippen LogP contribution in [0.25, 0.3) is 22.6 Å². The van der Waals surface area contributed by atoms with Crippen molar-refractivity contribution < 1.29 is 26.8 Å². The number of carbonyl (C=O) groups excluding carboxylic acids is 1. The predicted octanol–water partition coefficient (Wildman–Crippen LogP) is 4.32. The lowest BCUT2D eigenvalue weighted by Gasteiger charge is -2.08. The first-order valence-electron chi connectivity index (χ1n) is 9.94. The van der Waals surface area contributed by atoms with Crippen LogP contribution in [-0.4, -0.2) is 36.4 Å². The number of carbonyl (C=O) groups is 1. The van der Waals surface area contributed by atoms with E-state index in [1.165, 1.54) is 24.3 Å². The summed E-state index contributed by atoms with van der Waals surface area (Å²) in [5.74, 6) is 0.518. The molecule has 166 valence electrons. The quantitative estimate of drug-likeness (QED) is 0.437. The number of aromatic nitrogens is 2. The number of hydrogen-bond donors (Lipinski definition) is 1. The molecule has 4 rings (SSSR count). The van der Waals surface area contributed by atoms with E-state index in [1.807, 2.05) is 19.1 Å². The van der Waals surface area contributed by atoms with Gasteiger partial charge in [-0.15, -0.1) is 5.10 Å². The van der Waals surface area contributed by atoms with E-state index in [0.717, 1.165) is 5.39 Å². The summed E-state index contributed by atoms with van der Waals surface area (Å²) in [6.45, 7) is 5.58. The second kappa shape index (κ2) is 8.46. The van der Waals surface area contributed by atoms with Crippen molar-refractivity contribution in [3.63, 3.8) is 0 Å². The highest BCUT2D eigenvalue weighted by Gasteiger charge is 2.20. The molecule has 1 N–H and O–H groups in total. The van der Waals surface area contributed by atoms with Gasteiger partial charge in [0.2, 0.25) is 0 Å². The van der Waals surface area contributed by atoms with Gasteiger partial charge in [-0.1, -0.05) is 17.2 Å². The molecule has 0 aliphatic heterocycles. The van der Waals surface area contributed by atoms with Crippen molar-refractivity contribution in [1.29, 1.82) is 0 Å². The minimum atomic E-state index is -3.42. The summed E-state index contributed by atoms with van der Waals surface area (Å²) in [4.78, 5) is 12.6. The van der Waals surface area contributed by atoms with E-state index >= 15 is 0 Å². The van der Waals surface area contributed by atoms with Gasteiger partial charge < -0.3 is 13.6 Å². The molecule has 32 heavy (non-hydrogen) atoms. The Balaban J connectivity index is 1.52. The first kappa shape index (κ1) is 21.6. The zero-order chi connectivity index (χ0) is 22.9. The summed E-state index contributed by atoms with van der Waals surface area (Å²) >= 11 is 0. The Kier molecular flexibility index (Phi) is 5.70. The number of hydrogen-bond acceptors (Lipinski definition) is 8. The maximum Gasteiger partial charge on any atom is 0.322 e. The molecule has 0 aliphatic rings. The van der Waals surface area contributed by atoms with Gasteiger partial charge in [0.15, 0.2) is 26.9 Å². The number of ether oxygens (including phenoxy) is 1. The fourth-order valence-electron chi connectivity index (χ4n) is 3.02. The van der Waals surface area contributed by atoms with Crippen LogP contribution in [0.1, 0.15) is 31.1 Å². The van der Waals surface area contributed by atoms with Crippen LogP contribution in [0.2, 0.25) is 0 Å². The second-order valence-corrected chi connectivity index (χ2v) is 9.71. The van der Waals surface area contributed by atoms with Gasteiger partial charge in [0.25, 0.3) is 11.8 Å². The molecule has 10 heteroatoms. The monoisotopic (exact) mass is 455 g/mol. The van der Waals surface area contributed by atoms with Crippen LogP contribution in [0.5, 0.6) is 5.75 Å². The lowest BCUT2D eigenvalue weighted by atomic mass is 10.2. The third-order valence-electron chi connectivity index (χ3n) is 4.73. The minimum Gasteiger partial charge on any atom is -0.490 e. The van der Waals surface area contributed by atoms with E-state index in [9.17, 15) is 13.2 Å². The summed E-state index contributed by atoms with van der Waals surface area (Å²) in [5.41, 5.74) is 0.808. The molecule has 9 nitrogen and oxygen atoms in total. The summed E-state index contributed by atoms with van der Waals surface area (Å²) in [5, 5.41) is 10.5. The molecule has 0 radical (unpaired) electrons. The smallest absolute Gasteiger partial charge is 0.322 e. The Bertz CT molecular complexity index is 1370. The van der Waals surface area contributed by atoms with E-state index in [-0.39, 0.29) is 22.4 Å². The van der Waals surface area contributed by atoms with Crippen LogP contribution >= 0.6 is 0 Å². The molecule has 0 saturated heterocycles. The number of anilines is 1. The van der Waals surface area contributed by atoms with E-state index in [0.29, 0.717) is 23.7 Å². The Morgan fingerprint density at radius 2 is 1.84 bits per heavy atom. The number of sulfone groups is 1. The molecular weight excluding hydrogens is 434 g/mol. The molecule has 0 fully saturated rings. The van der Waals surface area contributed by atoms with E-state index in [2.05, 4.69) is 15.5 Å². The highest BCUT2D eigenvalue weighted by atomic mass is 32.2. The average Bonchev–Trinajstić information content (AvgIpc) is 3.41. The van der Waals surface area contributed by atoms with Crippen LogP contribution in [0, 0.1) is 0 Å². The summed E-state index contributed by atoms with van der Waals surface area (Å²) in [6, 6.07) is 12.8. The molecule has 0 unspecified atom stereocenters. The zero-order valence-corrected chi connectivity index (χ0v) is 18.5. The molecule has 0 aliphatic carbocycles. The SMILES string of the molecule is CCOc1cccc2cc(-c3nnc(NC(=O)c4ccc(S(=O)(=O)C(C)C)cc4)o3)oc12. The van der Waals surface area contributed by atoms with Crippen molar-refractivity contribution in [3.8, 4) is 17.4 Å². The van der Waals surface area contributed by atoms with Gasteiger partial charge in [-0.2, -0.15) is 0 Å². The first-order valence-corrected chi connectivity index (χ1v) is 11.5. The molecule has 4 aromatic rings. The molecule has 2 aromatic heterocycles. The van der Waals surface area contributed by atoms with Crippen molar-refractivity contribution in [2.75, 3.05) is 11.9 Å². The normalized spacial score (nSPS) is 11.8. The number of furan rings is 1. The van der Waals surface area contributed by atoms with Gasteiger partial charge in [-0.3, -0.25) is 10.1 Å². The summed E-state index contributed by atoms with van der Waals surface area (Å²) < 4.78 is 41.3. The number of fused-ring (bicyclic) bond motifs is 1. The van der Waals surface area contributed by atoms with Crippen LogP contribution < -0.4 is 10.1 Å². The first-order chi connectivity index (χ1) is 15.3. The fraction of sp³-hybridized carbons (Fsp3) is 0.227. The maximum atomic E-state index is 12.5. The van der Waals surface area contributed by atoms with Crippen molar-refractivity contribution in [2.24, 2.45) is 0 Å². The van der Waals surface area contributed by atoms with Crippen LogP contribution in [0.15, 0.2) is 62.3 Å². The molecule has 0 bridgehead atoms. The predicted molar refractivity (Wildman–Crippen MR) is 117 cm³/mol. The molecule has 0 spiro atoms. The molecule has 2 aromatic carbocycles. The molecule has 0 saturated carbocycles. The average molecular weight is 455 g/mol. The molecule has 1 amide bonds. The third kappa shape index (κ3) is 4.09. The molecular formula is C22H21N3O6S. The van der Waals surface area contributed by atoms with E-state index < -0.39 is 21.0 Å². The summed E-state index contributed by atoms with van der Waals surface area (Å²) in [7, 11) is -3.42. The topological polar surface area (TPSA) is 125 Å². The lowest BCUT2D eigenvalue weighted by molar-refractivity contribution is 0.102. The van der Waals surface area contributed by atoms with Crippen LogP contribution in [0.4, 0.5) is 6.01 Å². The van der Waals surface area contributed by atoms with Crippen molar-refractivity contribution in [1.82, 2.24) is 10.2 Å². The van der Waals surface area contributed by atoms with E-state index in [1.54, 1.807) is 26.0 Å². The van der Waals surface area contributed by atoms with Crippen molar-refractivity contribution in [2.45, 2.75) is 30.9 Å². The highest BCUT2D eigenvalue weighted by Crippen LogP contribution is 2.33. The van der Waals surface area contributed by atoms with Gasteiger partial charge in [0.05, 0.1) is 16.8 Å². The molecule has 0 atom stereocenters. The zero-order valence-electron chi connectivity index (χ0n) is 17.7. The number of nitrogens with zero attached hydrogens (tertiary/aromatic N) is 2. The van der Waals surface area contributed by atoms with Gasteiger partial charge in [-0.25, -0.2) is 8.42 Å². The van der Waals surface area contributed by atoms with Gasteiger partial charge in [0, 0.05) is 10.9 Å². The van der Waals surface area contributed by atoms with Crippen molar-refractivity contribution >= 4 is 32.7 Å². The van der Waals surface area contributed by atoms with Gasteiger partial charge in [-0.05, 0) is 57.2 Å². The van der Waals surface area contributed by atoms with E-state index in [4.69, 9.17) is 13.6 Å². The fourth-order valence-corrected chi connectivity index (χ4v) is 4.08. The van der Waals surface area contributed by atoms with Crippen LogP contribution in [-0.2, 0) is 9.84 Å². The number of para-hydroxylation sites is 1. The Morgan fingerprint density at radius 1 is 1.09 bits per heavy atom. The maximum absolute atomic E-state index is 12.5. The standard InChI is InChI=1S/C22H21N3O6S/c1-4-29-17-7-5-6-15-12-18(30-19(15)17)21-24-25-22(31-21)23-20(26)14-8-10-16(11-9-14)32(27,28)13(2)3/h5-13H,4H2,1-3H3,(H,23,25,26). The Morgan fingerprint density at radius 3 is 2.53 bits per heavy atom. The Hall–Kier alpha value is -3.66. The summed E-state index contributed by atoms with van der Waals surface area (Å²) in [6.07, 6.45) is 0. The number of amides is 1. The van der Waals surface area contributed by atoms with Crippen LogP contribution in [0.3, 0.4) is 0 Å². The lowest BCUT2D eigenvalue weighted by Crippen LogP contribution is -2.15. The van der Waals surface area contributed by atoms with Crippen molar-refractivity contribution in [3.05, 3.63) is 54.1 Å². The van der Waals surface area contributed by atoms with Gasteiger partial charge in [0.1, 0.15) is 0 Å². The Labute approximate surface area is 184 Å². The number of rotatable bonds is 7. The highest BCUT2D eigenvalue weighted by molar-refractivity contribution is 7.92. The second-order valence-electron chi connectivity index (χ2n) is 7.20. The molecule has 2 heterocycles. The largest absolute Gasteiger partial charge is 0.490 e. The number of nitrogens with one attached hydrogen (secondary N) is 1. The van der Waals surface area contributed by atoms with Gasteiger partial charge >= 0.3 is 6.01 Å². The number of benzene rings is 2. The third-order valence-corrected chi connectivity index (χ3v) is 6.90. The minimum absolute atomic E-state index is 0.0947.